The van der Waals surface area contributed by atoms with Crippen LogP contribution in [0.5, 0.6) is 0 Å². The molecule has 0 saturated carbocycles. The van der Waals surface area contributed by atoms with E-state index in [1.165, 1.54) is 5.57 Å². The van der Waals surface area contributed by atoms with Crippen LogP contribution in [0.4, 0.5) is 0 Å². The number of unbranched alkanes of at least 4 members (excludes halogenated alkanes) is 2. The Balaban J connectivity index is 0.00000190. The fourth-order valence-electron chi connectivity index (χ4n) is 4.35. The number of hydrogen-bond donors (Lipinski definition) is 3. The lowest BCUT2D eigenvalue weighted by atomic mass is 9.67. The molecule has 158 valence electrons. The predicted molar refractivity (Wildman–Crippen MR) is 115 cm³/mol. The number of allylic oxidation sites excluding steroid dienone is 3. The minimum absolute atomic E-state index is 0.0199. The third-order valence-electron chi connectivity index (χ3n) is 5.74. The Labute approximate surface area is 170 Å². The summed E-state index contributed by atoms with van der Waals surface area (Å²) < 4.78 is 0. The van der Waals surface area contributed by atoms with Gasteiger partial charge in [0.15, 0.2) is 0 Å². The molecule has 0 aliphatic heterocycles. The largest absolute Gasteiger partial charge is 0.511 e. The zero-order valence-electron chi connectivity index (χ0n) is 18.2. The SMILES string of the molecule is C=C(C)[C@@H]1CCC(C)=C[C@H]1C1C(O)=C(C(=O)O)C(CCCCC)=CC1O.CC. The second kappa shape index (κ2) is 11.3. The molecule has 2 aliphatic carbocycles. The first-order chi connectivity index (χ1) is 13.3. The van der Waals surface area contributed by atoms with E-state index in [4.69, 9.17) is 0 Å². The van der Waals surface area contributed by atoms with Crippen molar-refractivity contribution in [2.45, 2.75) is 79.2 Å². The number of carbonyl (C=O) groups is 1. The molecule has 0 aromatic heterocycles. The summed E-state index contributed by atoms with van der Waals surface area (Å²) in [6, 6.07) is 0. The quantitative estimate of drug-likeness (QED) is 0.370. The molecule has 0 fully saturated rings. The van der Waals surface area contributed by atoms with Crippen molar-refractivity contribution >= 4 is 5.97 Å². The Bertz CT molecular complexity index is 654. The monoisotopic (exact) mass is 390 g/mol. The molecule has 0 saturated heterocycles. The lowest BCUT2D eigenvalue weighted by molar-refractivity contribution is -0.132. The van der Waals surface area contributed by atoms with Crippen LogP contribution in [-0.2, 0) is 4.79 Å². The number of aliphatic carboxylic acids is 1. The van der Waals surface area contributed by atoms with E-state index in [1.54, 1.807) is 6.08 Å². The second-order valence-corrected chi connectivity index (χ2v) is 7.81. The molecule has 4 nitrogen and oxygen atoms in total. The van der Waals surface area contributed by atoms with Gasteiger partial charge in [-0.15, -0.1) is 0 Å². The Morgan fingerprint density at radius 1 is 1.25 bits per heavy atom. The standard InChI is InChI=1S/C22H32O4.C2H6/c1-5-6-7-8-15-12-18(23)20(21(24)19(15)22(25)26)17-11-14(4)9-10-16(17)13(2)3;1-2/h11-12,16-18,20,23-24H,2,5-10H2,1,3-4H3,(H,25,26);1-2H3/t16-,17+,18?,20?;/m0./s1. The van der Waals surface area contributed by atoms with Gasteiger partial charge in [0.05, 0.1) is 12.0 Å². The Morgan fingerprint density at radius 2 is 1.89 bits per heavy atom. The van der Waals surface area contributed by atoms with Gasteiger partial charge in [0.2, 0.25) is 0 Å². The summed E-state index contributed by atoms with van der Waals surface area (Å²) in [5, 5.41) is 31.3. The maximum absolute atomic E-state index is 11.8. The van der Waals surface area contributed by atoms with Crippen LogP contribution >= 0.6 is 0 Å². The van der Waals surface area contributed by atoms with E-state index in [0.717, 1.165) is 37.7 Å². The molecular weight excluding hydrogens is 352 g/mol. The van der Waals surface area contributed by atoms with Gasteiger partial charge in [0.25, 0.3) is 0 Å². The Hall–Kier alpha value is -1.81. The predicted octanol–water partition coefficient (Wildman–Crippen LogP) is 5.96. The van der Waals surface area contributed by atoms with Crippen molar-refractivity contribution in [1.82, 2.24) is 0 Å². The fourth-order valence-corrected chi connectivity index (χ4v) is 4.35. The van der Waals surface area contributed by atoms with Crippen LogP contribution in [0.2, 0.25) is 0 Å². The van der Waals surface area contributed by atoms with Gasteiger partial charge in [0.1, 0.15) is 11.3 Å². The molecule has 0 heterocycles. The Morgan fingerprint density at radius 3 is 2.43 bits per heavy atom. The van der Waals surface area contributed by atoms with E-state index < -0.39 is 18.0 Å². The first-order valence-electron chi connectivity index (χ1n) is 10.7. The third kappa shape index (κ3) is 5.60. The molecule has 4 heteroatoms. The highest BCUT2D eigenvalue weighted by Crippen LogP contribution is 2.44. The van der Waals surface area contributed by atoms with Gasteiger partial charge in [-0.3, -0.25) is 0 Å². The van der Waals surface area contributed by atoms with Gasteiger partial charge in [0, 0.05) is 0 Å². The van der Waals surface area contributed by atoms with Crippen molar-refractivity contribution in [2.75, 3.05) is 0 Å². The van der Waals surface area contributed by atoms with Gasteiger partial charge >= 0.3 is 5.97 Å². The highest BCUT2D eigenvalue weighted by atomic mass is 16.4. The van der Waals surface area contributed by atoms with E-state index in [0.29, 0.717) is 12.0 Å². The van der Waals surface area contributed by atoms with Crippen LogP contribution in [0.1, 0.15) is 73.1 Å². The van der Waals surface area contributed by atoms with Crippen molar-refractivity contribution < 1.29 is 20.1 Å². The first-order valence-corrected chi connectivity index (χ1v) is 10.7. The van der Waals surface area contributed by atoms with E-state index in [2.05, 4.69) is 19.6 Å². The molecule has 3 N–H and O–H groups in total. The molecule has 2 unspecified atom stereocenters. The topological polar surface area (TPSA) is 77.8 Å². The number of rotatable bonds is 7. The smallest absolute Gasteiger partial charge is 0.339 e. The number of aliphatic hydroxyl groups is 2. The number of carboxylic acid groups (broad SMARTS) is 1. The second-order valence-electron chi connectivity index (χ2n) is 7.81. The zero-order valence-corrected chi connectivity index (χ0v) is 18.2. The maximum Gasteiger partial charge on any atom is 0.339 e. The number of carboxylic acids is 1. The molecule has 28 heavy (non-hydrogen) atoms. The summed E-state index contributed by atoms with van der Waals surface area (Å²) in [5.41, 5.74) is 2.75. The molecular formula is C24H38O4. The van der Waals surface area contributed by atoms with Crippen molar-refractivity contribution in [3.05, 3.63) is 46.8 Å². The van der Waals surface area contributed by atoms with Crippen LogP contribution in [-0.4, -0.2) is 27.4 Å². The molecule has 4 atom stereocenters. The average Bonchev–Trinajstić information content (AvgIpc) is 2.63. The number of aliphatic hydroxyl groups excluding tert-OH is 2. The molecule has 0 spiro atoms. The lowest BCUT2D eigenvalue weighted by Gasteiger charge is -2.39. The van der Waals surface area contributed by atoms with E-state index >= 15 is 0 Å². The van der Waals surface area contributed by atoms with Gasteiger partial charge in [-0.2, -0.15) is 0 Å². The minimum Gasteiger partial charge on any atom is -0.511 e. The highest BCUT2D eigenvalue weighted by Gasteiger charge is 2.41. The normalized spacial score (nSPS) is 27.4. The maximum atomic E-state index is 11.8. The van der Waals surface area contributed by atoms with Crippen molar-refractivity contribution in [2.24, 2.45) is 17.8 Å². The van der Waals surface area contributed by atoms with Gasteiger partial charge in [-0.05, 0) is 56.9 Å². The lowest BCUT2D eigenvalue weighted by Crippen LogP contribution is -2.37. The molecule has 0 bridgehead atoms. The average molecular weight is 391 g/mol. The molecule has 0 aromatic rings. The van der Waals surface area contributed by atoms with Crippen LogP contribution in [0.15, 0.2) is 46.8 Å². The summed E-state index contributed by atoms with van der Waals surface area (Å²) in [6.07, 6.45) is 8.16. The van der Waals surface area contributed by atoms with E-state index in [1.807, 2.05) is 27.7 Å². The number of hydrogen-bond acceptors (Lipinski definition) is 3. The molecule has 2 aliphatic rings. The molecule has 2 rings (SSSR count). The van der Waals surface area contributed by atoms with Gasteiger partial charge in [-0.1, -0.05) is 63.5 Å². The fraction of sp³-hybridized carbons (Fsp3) is 0.625. The summed E-state index contributed by atoms with van der Waals surface area (Å²) in [6.45, 7) is 14.2. The highest BCUT2D eigenvalue weighted by molar-refractivity contribution is 5.93. The van der Waals surface area contributed by atoms with E-state index in [9.17, 15) is 20.1 Å². The molecule has 0 radical (unpaired) electrons. The third-order valence-corrected chi connectivity index (χ3v) is 5.74. The molecule has 0 aromatic carbocycles. The van der Waals surface area contributed by atoms with Crippen LogP contribution in [0, 0.1) is 17.8 Å². The summed E-state index contributed by atoms with van der Waals surface area (Å²) >= 11 is 0. The molecule has 0 amide bonds. The Kier molecular flexibility index (Phi) is 9.74. The van der Waals surface area contributed by atoms with Crippen molar-refractivity contribution in [3.63, 3.8) is 0 Å². The van der Waals surface area contributed by atoms with Crippen molar-refractivity contribution in [1.29, 1.82) is 0 Å². The van der Waals surface area contributed by atoms with Gasteiger partial charge < -0.3 is 15.3 Å². The first kappa shape index (κ1) is 24.2. The summed E-state index contributed by atoms with van der Waals surface area (Å²) in [5.74, 6) is -1.94. The zero-order chi connectivity index (χ0) is 21.4. The van der Waals surface area contributed by atoms with Crippen LogP contribution in [0.3, 0.4) is 0 Å². The van der Waals surface area contributed by atoms with Gasteiger partial charge in [-0.25, -0.2) is 4.79 Å². The van der Waals surface area contributed by atoms with E-state index in [-0.39, 0.29) is 23.2 Å². The van der Waals surface area contributed by atoms with Crippen LogP contribution in [0.25, 0.3) is 0 Å². The minimum atomic E-state index is -1.12. The summed E-state index contributed by atoms with van der Waals surface area (Å²) in [7, 11) is 0. The summed E-state index contributed by atoms with van der Waals surface area (Å²) in [4.78, 5) is 11.8. The van der Waals surface area contributed by atoms with Crippen molar-refractivity contribution in [3.8, 4) is 0 Å². The van der Waals surface area contributed by atoms with Crippen LogP contribution < -0.4 is 0 Å².